The van der Waals surface area contributed by atoms with Gasteiger partial charge in [0.05, 0.1) is 0 Å². The first-order valence-electron chi connectivity index (χ1n) is 7.88. The van der Waals surface area contributed by atoms with E-state index in [1.807, 2.05) is 16.5 Å². The normalized spacial score (nSPS) is 16.0. The third kappa shape index (κ3) is 3.62. The summed E-state index contributed by atoms with van der Waals surface area (Å²) in [4.78, 5) is 14.1. The van der Waals surface area contributed by atoms with Gasteiger partial charge in [0, 0.05) is 32.1 Å². The molecule has 0 radical (unpaired) electrons. The molecule has 1 aliphatic heterocycles. The maximum absolute atomic E-state index is 12.9. The van der Waals surface area contributed by atoms with Gasteiger partial charge in [-0.25, -0.2) is 4.39 Å². The molecule has 1 amide bonds. The number of halogens is 1. The first-order valence-corrected chi connectivity index (χ1v) is 8.29. The molecule has 0 spiro atoms. The molecule has 2 aromatic rings. The molecule has 126 valence electrons. The number of aromatic nitrogens is 3. The Bertz CT molecular complexity index is 801. The Labute approximate surface area is 144 Å². The van der Waals surface area contributed by atoms with E-state index in [4.69, 9.17) is 12.2 Å². The number of hydrogen-bond acceptors (Lipinski definition) is 3. The van der Waals surface area contributed by atoms with E-state index in [-0.39, 0.29) is 11.7 Å². The van der Waals surface area contributed by atoms with Gasteiger partial charge >= 0.3 is 0 Å². The van der Waals surface area contributed by atoms with Crippen LogP contribution in [-0.4, -0.2) is 38.7 Å². The van der Waals surface area contributed by atoms with Crippen LogP contribution in [0.3, 0.4) is 0 Å². The van der Waals surface area contributed by atoms with Gasteiger partial charge in [-0.1, -0.05) is 12.1 Å². The number of hydrogen-bond donors (Lipinski definition) is 1. The predicted octanol–water partition coefficient (Wildman–Crippen LogP) is 3.04. The Balaban J connectivity index is 1.58. The Morgan fingerprint density at radius 1 is 1.33 bits per heavy atom. The highest BCUT2D eigenvalue weighted by molar-refractivity contribution is 7.71. The highest BCUT2D eigenvalue weighted by atomic mass is 32.1. The van der Waals surface area contributed by atoms with Crippen LogP contribution >= 0.6 is 12.2 Å². The van der Waals surface area contributed by atoms with E-state index in [2.05, 4.69) is 10.2 Å². The molecule has 1 saturated heterocycles. The van der Waals surface area contributed by atoms with Gasteiger partial charge < -0.3 is 9.47 Å². The quantitative estimate of drug-likeness (QED) is 0.686. The number of benzene rings is 1. The molecule has 2 heterocycles. The number of rotatable bonds is 3. The molecule has 0 unspecified atom stereocenters. The summed E-state index contributed by atoms with van der Waals surface area (Å²) < 4.78 is 15.4. The second kappa shape index (κ2) is 7.09. The molecule has 7 heteroatoms. The molecule has 0 aliphatic carbocycles. The maximum atomic E-state index is 12.9. The van der Waals surface area contributed by atoms with Crippen LogP contribution in [0.4, 0.5) is 4.39 Å². The predicted molar refractivity (Wildman–Crippen MR) is 92.4 cm³/mol. The molecule has 1 aromatic heterocycles. The summed E-state index contributed by atoms with van der Waals surface area (Å²) in [5, 5.41) is 7.10. The standard InChI is InChI=1S/C17H19FN4OS/c1-21-16(19-20-17(21)24)13-8-10-22(11-9-13)15(23)7-4-12-2-5-14(18)6-3-12/h2-7,13H,8-11H2,1H3,(H,20,24). The molecule has 0 bridgehead atoms. The van der Waals surface area contributed by atoms with Crippen molar-refractivity contribution in [3.8, 4) is 0 Å². The molecule has 5 nitrogen and oxygen atoms in total. The zero-order valence-electron chi connectivity index (χ0n) is 13.4. The SMILES string of the molecule is Cn1c(C2CCN(C(=O)C=Cc3ccc(F)cc3)CC2)n[nH]c1=S. The highest BCUT2D eigenvalue weighted by Gasteiger charge is 2.25. The summed E-state index contributed by atoms with van der Waals surface area (Å²) in [5.74, 6) is 0.962. The maximum Gasteiger partial charge on any atom is 0.246 e. The topological polar surface area (TPSA) is 53.9 Å². The van der Waals surface area contributed by atoms with E-state index in [1.54, 1.807) is 24.3 Å². The molecule has 1 N–H and O–H groups in total. The molecular formula is C17H19FN4OS. The number of carbonyl (C=O) groups excluding carboxylic acids is 1. The van der Waals surface area contributed by atoms with Crippen molar-refractivity contribution < 1.29 is 9.18 Å². The molecular weight excluding hydrogens is 327 g/mol. The van der Waals surface area contributed by atoms with Crippen molar-refractivity contribution in [2.24, 2.45) is 7.05 Å². The van der Waals surface area contributed by atoms with Crippen LogP contribution < -0.4 is 0 Å². The van der Waals surface area contributed by atoms with Gasteiger partial charge in [0.1, 0.15) is 11.6 Å². The zero-order valence-corrected chi connectivity index (χ0v) is 14.2. The second-order valence-corrected chi connectivity index (χ2v) is 6.32. The summed E-state index contributed by atoms with van der Waals surface area (Å²) >= 11 is 5.14. The Morgan fingerprint density at radius 2 is 2.00 bits per heavy atom. The van der Waals surface area contributed by atoms with Crippen molar-refractivity contribution in [2.45, 2.75) is 18.8 Å². The van der Waals surface area contributed by atoms with E-state index < -0.39 is 0 Å². The number of likely N-dealkylation sites (tertiary alicyclic amines) is 1. The van der Waals surface area contributed by atoms with Crippen molar-refractivity contribution in [1.82, 2.24) is 19.7 Å². The minimum Gasteiger partial charge on any atom is -0.339 e. The molecule has 1 aromatic carbocycles. The van der Waals surface area contributed by atoms with Crippen molar-refractivity contribution in [2.75, 3.05) is 13.1 Å². The summed E-state index contributed by atoms with van der Waals surface area (Å²) in [6.07, 6.45) is 4.99. The lowest BCUT2D eigenvalue weighted by Gasteiger charge is -2.30. The Morgan fingerprint density at radius 3 is 2.58 bits per heavy atom. The molecule has 0 atom stereocenters. The molecule has 1 fully saturated rings. The van der Waals surface area contributed by atoms with Gasteiger partial charge in [0.2, 0.25) is 5.91 Å². The van der Waals surface area contributed by atoms with Crippen LogP contribution in [0, 0.1) is 10.6 Å². The lowest BCUT2D eigenvalue weighted by molar-refractivity contribution is -0.127. The van der Waals surface area contributed by atoms with Crippen molar-refractivity contribution in [3.05, 3.63) is 52.3 Å². The van der Waals surface area contributed by atoms with Gasteiger partial charge in [-0.3, -0.25) is 9.89 Å². The Kier molecular flexibility index (Phi) is 4.89. The summed E-state index contributed by atoms with van der Waals surface area (Å²) in [6, 6.07) is 6.06. The van der Waals surface area contributed by atoms with Crippen molar-refractivity contribution in [1.29, 1.82) is 0 Å². The smallest absolute Gasteiger partial charge is 0.246 e. The number of piperidine rings is 1. The van der Waals surface area contributed by atoms with Crippen LogP contribution in [0.15, 0.2) is 30.3 Å². The first kappa shape index (κ1) is 16.6. The fourth-order valence-corrected chi connectivity index (χ4v) is 3.07. The average molecular weight is 346 g/mol. The minimum absolute atomic E-state index is 0.0202. The third-order valence-corrected chi connectivity index (χ3v) is 4.74. The van der Waals surface area contributed by atoms with E-state index in [9.17, 15) is 9.18 Å². The third-order valence-electron chi connectivity index (χ3n) is 4.37. The van der Waals surface area contributed by atoms with Crippen molar-refractivity contribution >= 4 is 24.2 Å². The van der Waals surface area contributed by atoms with E-state index >= 15 is 0 Å². The highest BCUT2D eigenvalue weighted by Crippen LogP contribution is 2.26. The van der Waals surface area contributed by atoms with Gasteiger partial charge in [-0.15, -0.1) is 0 Å². The zero-order chi connectivity index (χ0) is 17.1. The van der Waals surface area contributed by atoms with Gasteiger partial charge in [0.15, 0.2) is 4.77 Å². The number of nitrogens with one attached hydrogen (secondary N) is 1. The second-order valence-electron chi connectivity index (χ2n) is 5.93. The molecule has 3 rings (SSSR count). The lowest BCUT2D eigenvalue weighted by atomic mass is 9.96. The van der Waals surface area contributed by atoms with Crippen LogP contribution in [0.2, 0.25) is 0 Å². The van der Waals surface area contributed by atoms with E-state index in [0.29, 0.717) is 23.8 Å². The monoisotopic (exact) mass is 346 g/mol. The number of nitrogens with zero attached hydrogens (tertiary/aromatic N) is 3. The van der Waals surface area contributed by atoms with Gasteiger partial charge in [-0.05, 0) is 48.8 Å². The largest absolute Gasteiger partial charge is 0.339 e. The van der Waals surface area contributed by atoms with Crippen LogP contribution in [-0.2, 0) is 11.8 Å². The Hall–Kier alpha value is -2.28. The average Bonchev–Trinajstić information content (AvgIpc) is 2.93. The summed E-state index contributed by atoms with van der Waals surface area (Å²) in [5.41, 5.74) is 0.807. The van der Waals surface area contributed by atoms with Crippen LogP contribution in [0.25, 0.3) is 6.08 Å². The minimum atomic E-state index is -0.283. The number of amides is 1. The lowest BCUT2D eigenvalue weighted by Crippen LogP contribution is -2.37. The number of aromatic amines is 1. The van der Waals surface area contributed by atoms with E-state index in [1.165, 1.54) is 12.1 Å². The van der Waals surface area contributed by atoms with Crippen LogP contribution in [0.1, 0.15) is 30.1 Å². The van der Waals surface area contributed by atoms with Crippen LogP contribution in [0.5, 0.6) is 0 Å². The fraction of sp³-hybridized carbons (Fsp3) is 0.353. The molecule has 1 aliphatic rings. The summed E-state index contributed by atoms with van der Waals surface area (Å²) in [6.45, 7) is 1.38. The van der Waals surface area contributed by atoms with Gasteiger partial charge in [-0.2, -0.15) is 5.10 Å². The molecule has 24 heavy (non-hydrogen) atoms. The number of H-pyrrole nitrogens is 1. The summed E-state index contributed by atoms with van der Waals surface area (Å²) in [7, 11) is 1.91. The van der Waals surface area contributed by atoms with Crippen molar-refractivity contribution in [3.63, 3.8) is 0 Å². The first-order chi connectivity index (χ1) is 11.5. The number of carbonyl (C=O) groups is 1. The fourth-order valence-electron chi connectivity index (χ4n) is 2.93. The molecule has 0 saturated carbocycles. The van der Waals surface area contributed by atoms with E-state index in [0.717, 1.165) is 24.2 Å². The van der Waals surface area contributed by atoms with Gasteiger partial charge in [0.25, 0.3) is 0 Å².